The summed E-state index contributed by atoms with van der Waals surface area (Å²) in [5.41, 5.74) is 3.80. The number of nitrogens with zero attached hydrogens (tertiary/aromatic N) is 1. The van der Waals surface area contributed by atoms with Gasteiger partial charge in [0.15, 0.2) is 10.4 Å². The van der Waals surface area contributed by atoms with Crippen molar-refractivity contribution in [2.75, 3.05) is 0 Å². The quantitative estimate of drug-likeness (QED) is 0.681. The number of hydrazone groups is 1. The van der Waals surface area contributed by atoms with E-state index in [4.69, 9.17) is 16.0 Å². The minimum absolute atomic E-state index is 0.183. The number of nitrogens with one attached hydrogen (secondary N) is 1. The van der Waals surface area contributed by atoms with E-state index in [1.807, 2.05) is 18.2 Å². The average molecular weight is 342 g/mol. The zero-order valence-electron chi connectivity index (χ0n) is 9.98. The van der Waals surface area contributed by atoms with E-state index in [1.165, 1.54) is 0 Å². The number of hydrogen-bond donors (Lipinski definition) is 1. The SMILES string of the molecule is CC(=NNC(=O)c1ccc(Br)o1)c1ccccc1Cl. The molecule has 1 aromatic heterocycles. The van der Waals surface area contributed by atoms with Gasteiger partial charge in [-0.15, -0.1) is 0 Å². The molecule has 6 heteroatoms. The predicted octanol–water partition coefficient (Wildman–Crippen LogP) is 3.85. The van der Waals surface area contributed by atoms with Crippen LogP contribution in [-0.4, -0.2) is 11.6 Å². The van der Waals surface area contributed by atoms with Crippen LogP contribution in [-0.2, 0) is 0 Å². The van der Waals surface area contributed by atoms with Crippen LogP contribution >= 0.6 is 27.5 Å². The van der Waals surface area contributed by atoms with Crippen molar-refractivity contribution in [2.24, 2.45) is 5.10 Å². The fourth-order valence-electron chi connectivity index (χ4n) is 1.44. The maximum Gasteiger partial charge on any atom is 0.307 e. The fourth-order valence-corrected chi connectivity index (χ4v) is 2.02. The Balaban J connectivity index is 2.11. The lowest BCUT2D eigenvalue weighted by Crippen LogP contribution is -2.18. The van der Waals surface area contributed by atoms with Gasteiger partial charge in [0.2, 0.25) is 0 Å². The van der Waals surface area contributed by atoms with Crippen molar-refractivity contribution in [3.8, 4) is 0 Å². The summed E-state index contributed by atoms with van der Waals surface area (Å²) in [4.78, 5) is 11.7. The summed E-state index contributed by atoms with van der Waals surface area (Å²) < 4.78 is 5.61. The topological polar surface area (TPSA) is 54.6 Å². The molecule has 0 aliphatic carbocycles. The van der Waals surface area contributed by atoms with E-state index < -0.39 is 5.91 Å². The molecule has 19 heavy (non-hydrogen) atoms. The molecule has 1 N–H and O–H groups in total. The highest BCUT2D eigenvalue weighted by Crippen LogP contribution is 2.16. The molecule has 98 valence electrons. The molecule has 1 amide bonds. The van der Waals surface area contributed by atoms with E-state index >= 15 is 0 Å². The highest BCUT2D eigenvalue weighted by molar-refractivity contribution is 9.10. The summed E-state index contributed by atoms with van der Waals surface area (Å²) in [6.45, 7) is 1.76. The summed E-state index contributed by atoms with van der Waals surface area (Å²) >= 11 is 9.16. The van der Waals surface area contributed by atoms with Crippen molar-refractivity contribution < 1.29 is 9.21 Å². The molecule has 0 atom stereocenters. The van der Waals surface area contributed by atoms with Crippen LogP contribution in [0.1, 0.15) is 23.0 Å². The Hall–Kier alpha value is -1.59. The second-order valence-corrected chi connectivity index (χ2v) is 4.91. The zero-order valence-corrected chi connectivity index (χ0v) is 12.3. The van der Waals surface area contributed by atoms with Gasteiger partial charge in [-0.3, -0.25) is 4.79 Å². The normalized spacial score (nSPS) is 11.4. The first-order valence-electron chi connectivity index (χ1n) is 5.43. The van der Waals surface area contributed by atoms with Gasteiger partial charge in [-0.1, -0.05) is 29.8 Å². The van der Waals surface area contributed by atoms with Gasteiger partial charge in [0.1, 0.15) is 0 Å². The first-order chi connectivity index (χ1) is 9.08. The maximum atomic E-state index is 11.7. The van der Waals surface area contributed by atoms with E-state index in [1.54, 1.807) is 25.1 Å². The van der Waals surface area contributed by atoms with Gasteiger partial charge in [0.05, 0.1) is 5.71 Å². The highest BCUT2D eigenvalue weighted by Gasteiger charge is 2.10. The molecule has 0 fully saturated rings. The fraction of sp³-hybridized carbons (Fsp3) is 0.0769. The molecular weight excluding hydrogens is 332 g/mol. The second kappa shape index (κ2) is 6.04. The number of benzene rings is 1. The maximum absolute atomic E-state index is 11.7. The van der Waals surface area contributed by atoms with Crippen molar-refractivity contribution in [2.45, 2.75) is 6.92 Å². The predicted molar refractivity (Wildman–Crippen MR) is 77.5 cm³/mol. The lowest BCUT2D eigenvalue weighted by molar-refractivity contribution is 0.0926. The summed E-state index contributed by atoms with van der Waals surface area (Å²) in [5, 5.41) is 4.58. The molecule has 0 saturated carbocycles. The third kappa shape index (κ3) is 3.45. The summed E-state index contributed by atoms with van der Waals surface area (Å²) in [5.74, 6) is -0.236. The number of hydrogen-bond acceptors (Lipinski definition) is 3. The van der Waals surface area contributed by atoms with Crippen LogP contribution in [0.25, 0.3) is 0 Å². The molecule has 0 spiro atoms. The molecule has 0 radical (unpaired) electrons. The Morgan fingerprint density at radius 3 is 2.68 bits per heavy atom. The van der Waals surface area contributed by atoms with Gasteiger partial charge in [0.25, 0.3) is 0 Å². The van der Waals surface area contributed by atoms with Gasteiger partial charge in [-0.25, -0.2) is 5.43 Å². The van der Waals surface area contributed by atoms with Crippen molar-refractivity contribution >= 4 is 39.1 Å². The lowest BCUT2D eigenvalue weighted by atomic mass is 10.1. The molecule has 1 aromatic carbocycles. The second-order valence-electron chi connectivity index (χ2n) is 3.72. The monoisotopic (exact) mass is 340 g/mol. The van der Waals surface area contributed by atoms with Gasteiger partial charge >= 0.3 is 5.91 Å². The average Bonchev–Trinajstić information content (AvgIpc) is 2.83. The Morgan fingerprint density at radius 1 is 1.32 bits per heavy atom. The van der Waals surface area contributed by atoms with Crippen LogP contribution in [0.2, 0.25) is 5.02 Å². The van der Waals surface area contributed by atoms with E-state index in [-0.39, 0.29) is 5.76 Å². The molecule has 2 rings (SSSR count). The van der Waals surface area contributed by atoms with Gasteiger partial charge in [-0.05, 0) is 41.1 Å². The Bertz CT molecular complexity index is 637. The zero-order chi connectivity index (χ0) is 13.8. The molecule has 1 heterocycles. The molecule has 0 aliphatic heterocycles. The standard InChI is InChI=1S/C13H10BrClN2O2/c1-8(9-4-2-3-5-10(9)15)16-17-13(18)11-6-7-12(14)19-11/h2-7H,1H3,(H,17,18). The van der Waals surface area contributed by atoms with Gasteiger partial charge in [-0.2, -0.15) is 5.10 Å². The third-order valence-electron chi connectivity index (χ3n) is 2.39. The highest BCUT2D eigenvalue weighted by atomic mass is 79.9. The van der Waals surface area contributed by atoms with Gasteiger partial charge < -0.3 is 4.42 Å². The molecule has 2 aromatic rings. The molecule has 4 nitrogen and oxygen atoms in total. The van der Waals surface area contributed by atoms with Crippen LogP contribution in [0.3, 0.4) is 0 Å². The number of carbonyl (C=O) groups excluding carboxylic acids is 1. The van der Waals surface area contributed by atoms with Gasteiger partial charge in [0, 0.05) is 10.6 Å². The van der Waals surface area contributed by atoms with Crippen LogP contribution in [0.4, 0.5) is 0 Å². The smallest absolute Gasteiger partial charge is 0.307 e. The number of amides is 1. The van der Waals surface area contributed by atoms with Crippen LogP contribution in [0, 0.1) is 0 Å². The number of rotatable bonds is 3. The van der Waals surface area contributed by atoms with Crippen molar-refractivity contribution in [3.63, 3.8) is 0 Å². The molecule has 0 aliphatic rings. The van der Waals surface area contributed by atoms with E-state index in [9.17, 15) is 4.79 Å². The van der Waals surface area contributed by atoms with Crippen molar-refractivity contribution in [3.05, 3.63) is 57.4 Å². The molecule has 0 saturated heterocycles. The Morgan fingerprint density at radius 2 is 2.05 bits per heavy atom. The molecular formula is C13H10BrClN2O2. The first-order valence-corrected chi connectivity index (χ1v) is 6.60. The number of furan rings is 1. The van der Waals surface area contributed by atoms with Crippen LogP contribution < -0.4 is 5.43 Å². The Kier molecular flexibility index (Phi) is 4.39. The number of halogens is 2. The molecule has 0 unspecified atom stereocenters. The summed E-state index contributed by atoms with van der Waals surface area (Å²) in [6.07, 6.45) is 0. The van der Waals surface area contributed by atoms with E-state index in [0.717, 1.165) is 5.56 Å². The summed E-state index contributed by atoms with van der Waals surface area (Å²) in [7, 11) is 0. The summed E-state index contributed by atoms with van der Waals surface area (Å²) in [6, 6.07) is 10.5. The lowest BCUT2D eigenvalue weighted by Gasteiger charge is -2.03. The number of carbonyl (C=O) groups is 1. The Labute approximate surface area is 123 Å². The van der Waals surface area contributed by atoms with E-state index in [0.29, 0.717) is 15.4 Å². The molecule has 0 bridgehead atoms. The van der Waals surface area contributed by atoms with Crippen LogP contribution in [0.5, 0.6) is 0 Å². The first kappa shape index (κ1) is 13.8. The van der Waals surface area contributed by atoms with E-state index in [2.05, 4.69) is 26.5 Å². The minimum Gasteiger partial charge on any atom is -0.444 e. The third-order valence-corrected chi connectivity index (χ3v) is 3.14. The minimum atomic E-state index is -0.419. The van der Waals surface area contributed by atoms with Crippen molar-refractivity contribution in [1.29, 1.82) is 0 Å². The van der Waals surface area contributed by atoms with Crippen LogP contribution in [0.15, 0.2) is 50.6 Å². The largest absolute Gasteiger partial charge is 0.444 e. The van der Waals surface area contributed by atoms with Crippen molar-refractivity contribution in [1.82, 2.24) is 5.43 Å².